The molecule has 0 spiro atoms. The normalized spacial score (nSPS) is 21.9. The molecule has 2 N–H and O–H groups in total. The van der Waals surface area contributed by atoms with E-state index >= 15 is 0 Å². The molecule has 0 saturated heterocycles. The van der Waals surface area contributed by atoms with Gasteiger partial charge in [-0.1, -0.05) is 90.4 Å². The van der Waals surface area contributed by atoms with Gasteiger partial charge in [-0.05, 0) is 30.8 Å². The smallest absolute Gasteiger partial charge is 0.114 e. The highest BCUT2D eigenvalue weighted by molar-refractivity contribution is 4.89. The average Bonchev–Trinajstić information content (AvgIpc) is 3.01. The molecule has 1 fully saturated rings. The summed E-state index contributed by atoms with van der Waals surface area (Å²) in [5.41, 5.74) is 0. The van der Waals surface area contributed by atoms with Gasteiger partial charge in [-0.15, -0.1) is 0 Å². The lowest BCUT2D eigenvalue weighted by atomic mass is 9.87. The molecule has 0 amide bonds. The van der Waals surface area contributed by atoms with Crippen molar-refractivity contribution in [2.24, 2.45) is 11.8 Å². The maximum absolute atomic E-state index is 9.18. The van der Waals surface area contributed by atoms with Gasteiger partial charge < -0.3 is 10.2 Å². The second kappa shape index (κ2) is 13.9. The fourth-order valence-electron chi connectivity index (χ4n) is 4.12. The zero-order valence-corrected chi connectivity index (χ0v) is 15.4. The minimum Gasteiger partial charge on any atom is -0.510 e. The van der Waals surface area contributed by atoms with E-state index in [0.29, 0.717) is 0 Å². The van der Waals surface area contributed by atoms with E-state index < -0.39 is 0 Å². The summed E-state index contributed by atoms with van der Waals surface area (Å²) in [6.45, 7) is 2.07. The molecule has 1 aliphatic carbocycles. The molecule has 1 rings (SSSR count). The van der Waals surface area contributed by atoms with E-state index in [0.717, 1.165) is 24.7 Å². The second-order valence-corrected chi connectivity index (χ2v) is 7.50. The summed E-state index contributed by atoms with van der Waals surface area (Å²) in [4.78, 5) is 0. The molecule has 1 saturated carbocycles. The van der Waals surface area contributed by atoms with Crippen LogP contribution >= 0.6 is 0 Å². The third-order valence-corrected chi connectivity index (χ3v) is 5.57. The molecule has 136 valence electrons. The van der Waals surface area contributed by atoms with E-state index in [1.54, 1.807) is 6.08 Å². The van der Waals surface area contributed by atoms with Gasteiger partial charge in [-0.3, -0.25) is 0 Å². The monoisotopic (exact) mass is 324 g/mol. The van der Waals surface area contributed by atoms with Gasteiger partial charge in [0.1, 0.15) is 5.76 Å². The molecular formula is C21H40O2. The fourth-order valence-corrected chi connectivity index (χ4v) is 4.12. The van der Waals surface area contributed by atoms with Gasteiger partial charge in [-0.25, -0.2) is 0 Å². The van der Waals surface area contributed by atoms with E-state index in [1.165, 1.54) is 83.5 Å². The Morgan fingerprint density at radius 3 is 2.04 bits per heavy atom. The molecule has 1 aliphatic rings. The maximum Gasteiger partial charge on any atom is 0.114 e. The number of hydrogen-bond acceptors (Lipinski definition) is 2. The Balaban J connectivity index is 2.02. The summed E-state index contributed by atoms with van der Waals surface area (Å²) < 4.78 is 0. The first-order valence-electron chi connectivity index (χ1n) is 10.3. The number of aliphatic hydroxyl groups is 2. The van der Waals surface area contributed by atoms with Crippen molar-refractivity contribution in [3.05, 3.63) is 11.8 Å². The van der Waals surface area contributed by atoms with Crippen LogP contribution in [0.25, 0.3) is 0 Å². The third-order valence-electron chi connectivity index (χ3n) is 5.57. The van der Waals surface area contributed by atoms with Crippen LogP contribution in [0.1, 0.15) is 103 Å². The Morgan fingerprint density at radius 1 is 0.870 bits per heavy atom. The van der Waals surface area contributed by atoms with Gasteiger partial charge >= 0.3 is 0 Å². The predicted octanol–water partition coefficient (Wildman–Crippen LogP) is 6.54. The standard InChI is InChI=1S/C21H40O2/c1-2-3-4-5-6-9-13-19-15-12-16-20(19)14-10-7-8-11-17-21(23)18-22/h17,19-20,22-23H,2-16,18H2,1H3/b21-17+/t19-,20-/m0/s1. The predicted molar refractivity (Wildman–Crippen MR) is 99.7 cm³/mol. The lowest BCUT2D eigenvalue weighted by Gasteiger charge is -2.19. The Hall–Kier alpha value is -0.500. The van der Waals surface area contributed by atoms with Crippen LogP contribution < -0.4 is 0 Å². The molecule has 2 atom stereocenters. The van der Waals surface area contributed by atoms with Crippen LogP contribution in [0.3, 0.4) is 0 Å². The first-order chi connectivity index (χ1) is 11.3. The maximum atomic E-state index is 9.18. The number of rotatable bonds is 14. The lowest BCUT2D eigenvalue weighted by Crippen LogP contribution is -2.08. The van der Waals surface area contributed by atoms with E-state index in [9.17, 15) is 5.11 Å². The molecule has 2 nitrogen and oxygen atoms in total. The quantitative estimate of drug-likeness (QED) is 0.281. The van der Waals surface area contributed by atoms with Crippen molar-refractivity contribution >= 4 is 0 Å². The molecule has 0 aromatic heterocycles. The van der Waals surface area contributed by atoms with Crippen LogP contribution in [0, 0.1) is 11.8 Å². The number of allylic oxidation sites excluding steroid dienone is 1. The second-order valence-electron chi connectivity index (χ2n) is 7.50. The highest BCUT2D eigenvalue weighted by Gasteiger charge is 2.25. The molecule has 0 bridgehead atoms. The van der Waals surface area contributed by atoms with Crippen LogP contribution in [-0.4, -0.2) is 16.8 Å². The molecule has 0 radical (unpaired) electrons. The van der Waals surface area contributed by atoms with E-state index in [4.69, 9.17) is 5.11 Å². The van der Waals surface area contributed by atoms with Gasteiger partial charge in [0.15, 0.2) is 0 Å². The topological polar surface area (TPSA) is 40.5 Å². The Morgan fingerprint density at radius 2 is 1.43 bits per heavy atom. The minimum absolute atomic E-state index is 0.125. The Labute approximate surface area is 144 Å². The average molecular weight is 325 g/mol. The molecule has 0 heterocycles. The molecule has 0 aromatic carbocycles. The van der Waals surface area contributed by atoms with Crippen LogP contribution in [-0.2, 0) is 0 Å². The van der Waals surface area contributed by atoms with E-state index in [2.05, 4.69) is 6.92 Å². The summed E-state index contributed by atoms with van der Waals surface area (Å²) >= 11 is 0. The number of unbranched alkanes of at least 4 members (excludes halogenated alkanes) is 8. The van der Waals surface area contributed by atoms with Gasteiger partial charge in [0.2, 0.25) is 0 Å². The fraction of sp³-hybridized carbons (Fsp3) is 0.905. The third kappa shape index (κ3) is 10.1. The first kappa shape index (κ1) is 20.5. The molecule has 2 heteroatoms. The van der Waals surface area contributed by atoms with Crippen molar-refractivity contribution in [3.8, 4) is 0 Å². The first-order valence-corrected chi connectivity index (χ1v) is 10.3. The number of aliphatic hydroxyl groups excluding tert-OH is 2. The summed E-state index contributed by atoms with van der Waals surface area (Å²) in [6, 6.07) is 0. The van der Waals surface area contributed by atoms with Gasteiger partial charge in [-0.2, -0.15) is 0 Å². The van der Waals surface area contributed by atoms with E-state index in [1.807, 2.05) is 0 Å². The number of hydrogen-bond donors (Lipinski definition) is 2. The van der Waals surface area contributed by atoms with Gasteiger partial charge in [0.25, 0.3) is 0 Å². The van der Waals surface area contributed by atoms with Gasteiger partial charge in [0, 0.05) is 0 Å². The molecule has 0 unspecified atom stereocenters. The van der Waals surface area contributed by atoms with Crippen molar-refractivity contribution in [2.75, 3.05) is 6.61 Å². The zero-order chi connectivity index (χ0) is 16.8. The van der Waals surface area contributed by atoms with Crippen LogP contribution in [0.5, 0.6) is 0 Å². The summed E-state index contributed by atoms with van der Waals surface area (Å²) in [6.07, 6.45) is 22.2. The van der Waals surface area contributed by atoms with Crippen LogP contribution in [0.15, 0.2) is 11.8 Å². The molecular weight excluding hydrogens is 284 g/mol. The lowest BCUT2D eigenvalue weighted by molar-refractivity contribution is 0.252. The SMILES string of the molecule is CCCCCCCC[C@H]1CCC[C@@H]1CCCCC/C=C(/O)CO. The zero-order valence-electron chi connectivity index (χ0n) is 15.4. The summed E-state index contributed by atoms with van der Waals surface area (Å²) in [5.74, 6) is 2.13. The van der Waals surface area contributed by atoms with Crippen LogP contribution in [0.2, 0.25) is 0 Å². The highest BCUT2D eigenvalue weighted by atomic mass is 16.3. The van der Waals surface area contributed by atoms with Gasteiger partial charge in [0.05, 0.1) is 6.61 Å². The van der Waals surface area contributed by atoms with Crippen LogP contribution in [0.4, 0.5) is 0 Å². The summed E-state index contributed by atoms with van der Waals surface area (Å²) in [7, 11) is 0. The summed E-state index contributed by atoms with van der Waals surface area (Å²) in [5, 5.41) is 17.9. The highest BCUT2D eigenvalue weighted by Crippen LogP contribution is 2.38. The van der Waals surface area contributed by atoms with Crippen molar-refractivity contribution in [3.63, 3.8) is 0 Å². The largest absolute Gasteiger partial charge is 0.510 e. The molecule has 0 aromatic rings. The Bertz CT molecular complexity index is 298. The van der Waals surface area contributed by atoms with E-state index in [-0.39, 0.29) is 12.4 Å². The van der Waals surface area contributed by atoms with Crippen molar-refractivity contribution in [1.82, 2.24) is 0 Å². The Kier molecular flexibility index (Phi) is 12.4. The van der Waals surface area contributed by atoms with Crippen molar-refractivity contribution < 1.29 is 10.2 Å². The van der Waals surface area contributed by atoms with Crippen molar-refractivity contribution in [2.45, 2.75) is 103 Å². The van der Waals surface area contributed by atoms with Crippen molar-refractivity contribution in [1.29, 1.82) is 0 Å². The molecule has 23 heavy (non-hydrogen) atoms. The molecule has 0 aliphatic heterocycles. The minimum atomic E-state index is -0.220.